The van der Waals surface area contributed by atoms with Gasteiger partial charge in [0.15, 0.2) is 11.4 Å². The number of fused-ring (bicyclic) bond motifs is 1. The maximum absolute atomic E-state index is 7.24. The van der Waals surface area contributed by atoms with Crippen LogP contribution in [0.3, 0.4) is 0 Å². The van der Waals surface area contributed by atoms with Crippen molar-refractivity contribution in [2.24, 2.45) is 7.05 Å². The molecule has 0 bridgehead atoms. The topological polar surface area (TPSA) is 8.24 Å². The maximum Gasteiger partial charge on any atom is 0.220 e. The van der Waals surface area contributed by atoms with Crippen molar-refractivity contribution in [3.05, 3.63) is 70.7 Å². The summed E-state index contributed by atoms with van der Waals surface area (Å²) < 4.78 is 2.25. The van der Waals surface area contributed by atoms with Crippen molar-refractivity contribution in [1.29, 1.82) is 0 Å². The molecular formula is C21H21N2+. The van der Waals surface area contributed by atoms with Gasteiger partial charge < -0.3 is 0 Å². The van der Waals surface area contributed by atoms with Gasteiger partial charge in [0.05, 0.1) is 12.0 Å². The van der Waals surface area contributed by atoms with Crippen LogP contribution in [0.1, 0.15) is 23.7 Å². The van der Waals surface area contributed by atoms with Crippen LogP contribution in [-0.2, 0) is 13.5 Å². The molecule has 0 saturated carbocycles. The van der Waals surface area contributed by atoms with Crippen LogP contribution < -0.4 is 4.57 Å². The summed E-state index contributed by atoms with van der Waals surface area (Å²) in [6, 6.07) is 14.8. The largest absolute Gasteiger partial charge is 0.238 e. The Kier molecular flexibility index (Phi) is 3.88. The minimum absolute atomic E-state index is 0.690. The number of hydrogen-bond donors (Lipinski definition) is 0. The molecule has 0 radical (unpaired) electrons. The lowest BCUT2D eigenvalue weighted by molar-refractivity contribution is -0.665. The minimum Gasteiger partial charge on any atom is -0.238 e. The number of aryl methyl sites for hydroxylation is 3. The van der Waals surface area contributed by atoms with Crippen molar-refractivity contribution in [2.45, 2.75) is 27.2 Å². The van der Waals surface area contributed by atoms with E-state index in [2.05, 4.69) is 67.6 Å². The van der Waals surface area contributed by atoms with Crippen molar-refractivity contribution in [2.75, 3.05) is 0 Å². The summed E-state index contributed by atoms with van der Waals surface area (Å²) in [5.74, 6) is 0. The Morgan fingerprint density at radius 2 is 1.83 bits per heavy atom. The molecule has 1 heterocycles. The predicted octanol–water partition coefficient (Wildman–Crippen LogP) is 5.06. The van der Waals surface area contributed by atoms with Crippen LogP contribution in [-0.4, -0.2) is 0 Å². The van der Waals surface area contributed by atoms with Gasteiger partial charge in [-0.3, -0.25) is 0 Å². The molecule has 0 N–H and O–H groups in total. The zero-order valence-electron chi connectivity index (χ0n) is 14.1. The molecule has 1 aromatic heterocycles. The average molecular weight is 301 g/mol. The first-order chi connectivity index (χ1) is 11.0. The molecule has 0 spiro atoms. The second-order valence-electron chi connectivity index (χ2n) is 6.08. The summed E-state index contributed by atoms with van der Waals surface area (Å²) >= 11 is 0. The predicted molar refractivity (Wildman–Crippen MR) is 95.7 cm³/mol. The van der Waals surface area contributed by atoms with Gasteiger partial charge in [-0.15, -0.1) is 0 Å². The lowest BCUT2D eigenvalue weighted by atomic mass is 9.96. The quantitative estimate of drug-likeness (QED) is 0.462. The van der Waals surface area contributed by atoms with Gasteiger partial charge in [-0.1, -0.05) is 31.2 Å². The standard InChI is InChI=1S/C21H21N2/c1-6-16-8-7-14(2)20(12-16)21-19-10-9-18(22-4)13-17(19)11-15(3)23(21)5/h7-13H,6H2,1-3,5H3/q+1. The van der Waals surface area contributed by atoms with Crippen molar-refractivity contribution in [3.63, 3.8) is 0 Å². The van der Waals surface area contributed by atoms with Crippen LogP contribution in [0.2, 0.25) is 0 Å². The molecule has 3 rings (SSSR count). The second kappa shape index (κ2) is 5.85. The smallest absolute Gasteiger partial charge is 0.220 e. The van der Waals surface area contributed by atoms with E-state index in [4.69, 9.17) is 6.57 Å². The lowest BCUT2D eigenvalue weighted by Gasteiger charge is -2.11. The zero-order chi connectivity index (χ0) is 16.6. The van der Waals surface area contributed by atoms with Gasteiger partial charge in [-0.2, -0.15) is 4.57 Å². The van der Waals surface area contributed by atoms with Gasteiger partial charge >= 0.3 is 0 Å². The molecule has 3 aromatic rings. The van der Waals surface area contributed by atoms with Crippen LogP contribution in [0.5, 0.6) is 0 Å². The van der Waals surface area contributed by atoms with Crippen LogP contribution in [0.25, 0.3) is 26.9 Å². The number of pyridine rings is 1. The average Bonchev–Trinajstić information content (AvgIpc) is 2.56. The van der Waals surface area contributed by atoms with Crippen LogP contribution in [0.4, 0.5) is 5.69 Å². The first kappa shape index (κ1) is 15.2. The first-order valence-corrected chi connectivity index (χ1v) is 7.96. The van der Waals surface area contributed by atoms with E-state index >= 15 is 0 Å². The van der Waals surface area contributed by atoms with E-state index in [0.717, 1.165) is 11.8 Å². The second-order valence-corrected chi connectivity index (χ2v) is 6.08. The minimum atomic E-state index is 0.690. The lowest BCUT2D eigenvalue weighted by Crippen LogP contribution is -2.35. The molecule has 0 aliphatic heterocycles. The molecular weight excluding hydrogens is 280 g/mol. The maximum atomic E-state index is 7.24. The summed E-state index contributed by atoms with van der Waals surface area (Å²) in [5.41, 5.74) is 7.00. The molecule has 0 saturated heterocycles. The Bertz CT molecular complexity index is 946. The fraction of sp³-hybridized carbons (Fsp3) is 0.238. The highest BCUT2D eigenvalue weighted by Crippen LogP contribution is 2.31. The van der Waals surface area contributed by atoms with E-state index in [-0.39, 0.29) is 0 Å². The van der Waals surface area contributed by atoms with Crippen molar-refractivity contribution in [1.82, 2.24) is 0 Å². The summed E-state index contributed by atoms with van der Waals surface area (Å²) in [5, 5.41) is 2.33. The Morgan fingerprint density at radius 1 is 1.04 bits per heavy atom. The van der Waals surface area contributed by atoms with Gasteiger partial charge in [-0.25, -0.2) is 4.85 Å². The molecule has 0 aliphatic carbocycles. The summed E-state index contributed by atoms with van der Waals surface area (Å²) in [6.07, 6.45) is 1.03. The highest BCUT2D eigenvalue weighted by atomic mass is 14.9. The van der Waals surface area contributed by atoms with Gasteiger partial charge in [-0.05, 0) is 42.0 Å². The summed E-state index contributed by atoms with van der Waals surface area (Å²) in [7, 11) is 2.12. The van der Waals surface area contributed by atoms with Gasteiger partial charge in [0.25, 0.3) is 0 Å². The summed E-state index contributed by atoms with van der Waals surface area (Å²) in [6.45, 7) is 13.7. The molecule has 0 unspecified atom stereocenters. The Balaban J connectivity index is 2.41. The number of hydrogen-bond acceptors (Lipinski definition) is 0. The highest BCUT2D eigenvalue weighted by Gasteiger charge is 2.20. The fourth-order valence-electron chi connectivity index (χ4n) is 3.10. The Labute approximate surface area is 137 Å². The van der Waals surface area contributed by atoms with Gasteiger partial charge in [0.2, 0.25) is 5.69 Å². The van der Waals surface area contributed by atoms with Gasteiger partial charge in [0, 0.05) is 18.6 Å². The third kappa shape index (κ3) is 2.59. The highest BCUT2D eigenvalue weighted by molar-refractivity contribution is 5.95. The van der Waals surface area contributed by atoms with E-state index in [1.54, 1.807) is 0 Å². The van der Waals surface area contributed by atoms with Crippen LogP contribution in [0, 0.1) is 20.4 Å². The number of nitrogens with zero attached hydrogens (tertiary/aromatic N) is 2. The Morgan fingerprint density at radius 3 is 2.52 bits per heavy atom. The molecule has 2 heteroatoms. The van der Waals surface area contributed by atoms with E-state index in [0.29, 0.717) is 5.69 Å². The number of rotatable bonds is 2. The molecule has 2 aromatic carbocycles. The third-order valence-electron chi connectivity index (χ3n) is 4.61. The first-order valence-electron chi connectivity index (χ1n) is 7.96. The number of aromatic nitrogens is 1. The molecule has 2 nitrogen and oxygen atoms in total. The monoisotopic (exact) mass is 301 g/mol. The molecule has 0 atom stereocenters. The number of benzene rings is 2. The van der Waals surface area contributed by atoms with E-state index in [1.165, 1.54) is 33.5 Å². The fourth-order valence-corrected chi connectivity index (χ4v) is 3.10. The molecule has 23 heavy (non-hydrogen) atoms. The zero-order valence-corrected chi connectivity index (χ0v) is 14.1. The van der Waals surface area contributed by atoms with E-state index in [1.807, 2.05) is 12.1 Å². The van der Waals surface area contributed by atoms with Crippen molar-refractivity contribution in [3.8, 4) is 11.3 Å². The van der Waals surface area contributed by atoms with E-state index < -0.39 is 0 Å². The normalized spacial score (nSPS) is 10.7. The molecule has 0 aliphatic rings. The summed E-state index contributed by atoms with van der Waals surface area (Å²) in [4.78, 5) is 3.56. The van der Waals surface area contributed by atoms with E-state index in [9.17, 15) is 0 Å². The van der Waals surface area contributed by atoms with Gasteiger partial charge in [0.1, 0.15) is 7.05 Å². The van der Waals surface area contributed by atoms with Crippen molar-refractivity contribution < 1.29 is 4.57 Å². The molecule has 114 valence electrons. The SMILES string of the molecule is [C-]#[N+]c1ccc2c(-c3cc(CC)ccc3C)[n+](C)c(C)cc2c1. The molecule has 0 amide bonds. The third-order valence-corrected chi connectivity index (χ3v) is 4.61. The van der Waals surface area contributed by atoms with Crippen LogP contribution >= 0.6 is 0 Å². The van der Waals surface area contributed by atoms with Crippen LogP contribution in [0.15, 0.2) is 42.5 Å². The molecule has 0 fully saturated rings. The van der Waals surface area contributed by atoms with Crippen molar-refractivity contribution >= 4 is 16.5 Å². The Hall–Kier alpha value is -2.66.